The normalized spacial score (nSPS) is 10.9. The average Bonchev–Trinajstić information content (AvgIpc) is 2.65. The molecule has 2 rings (SSSR count). The second kappa shape index (κ2) is 11.7. The Labute approximate surface area is 178 Å². The molecule has 2 aromatic carbocycles. The molecule has 0 aliphatic heterocycles. The van der Waals surface area contributed by atoms with E-state index in [1.165, 1.54) is 0 Å². The van der Waals surface area contributed by atoms with Gasteiger partial charge in [-0.3, -0.25) is 0 Å². The van der Waals surface area contributed by atoms with Crippen molar-refractivity contribution in [3.05, 3.63) is 56.0 Å². The van der Waals surface area contributed by atoms with Gasteiger partial charge in [0.05, 0.1) is 13.7 Å². The van der Waals surface area contributed by atoms with Crippen molar-refractivity contribution in [2.24, 2.45) is 0 Å². The first-order chi connectivity index (χ1) is 13.0. The van der Waals surface area contributed by atoms with Gasteiger partial charge >= 0.3 is 0 Å². The standard InChI is InChI=1S/C19H23BrCl2N2O3/c1-26-18-8-14(11-24-5-4-23-6-7-25)16(20)10-19(18)27-12-13-2-3-15(21)9-17(13)22/h2-3,8-10,23-25H,4-7,11-12H2,1H3. The van der Waals surface area contributed by atoms with Gasteiger partial charge in [0.15, 0.2) is 11.5 Å². The lowest BCUT2D eigenvalue weighted by Crippen LogP contribution is -2.28. The minimum absolute atomic E-state index is 0.144. The molecule has 27 heavy (non-hydrogen) atoms. The molecule has 0 fully saturated rings. The zero-order chi connectivity index (χ0) is 19.6. The van der Waals surface area contributed by atoms with E-state index in [2.05, 4.69) is 26.6 Å². The number of hydrogen-bond acceptors (Lipinski definition) is 5. The smallest absolute Gasteiger partial charge is 0.162 e. The highest BCUT2D eigenvalue weighted by molar-refractivity contribution is 9.10. The maximum Gasteiger partial charge on any atom is 0.162 e. The van der Waals surface area contributed by atoms with Crippen LogP contribution in [0.25, 0.3) is 0 Å². The van der Waals surface area contributed by atoms with Crippen LogP contribution in [0.5, 0.6) is 11.5 Å². The highest BCUT2D eigenvalue weighted by Crippen LogP contribution is 2.34. The Morgan fingerprint density at radius 1 is 1.00 bits per heavy atom. The van der Waals surface area contributed by atoms with Crippen LogP contribution in [-0.4, -0.2) is 38.5 Å². The van der Waals surface area contributed by atoms with Crippen LogP contribution >= 0.6 is 39.1 Å². The lowest BCUT2D eigenvalue weighted by atomic mass is 10.2. The summed E-state index contributed by atoms with van der Waals surface area (Å²) in [5.74, 6) is 1.28. The molecule has 0 spiro atoms. The summed E-state index contributed by atoms with van der Waals surface area (Å²) in [5.41, 5.74) is 1.91. The fourth-order valence-corrected chi connectivity index (χ4v) is 3.31. The van der Waals surface area contributed by atoms with Gasteiger partial charge in [0, 0.05) is 46.3 Å². The zero-order valence-electron chi connectivity index (χ0n) is 15.0. The summed E-state index contributed by atoms with van der Waals surface area (Å²) >= 11 is 15.7. The molecule has 0 aromatic heterocycles. The summed E-state index contributed by atoms with van der Waals surface area (Å²) in [4.78, 5) is 0. The lowest BCUT2D eigenvalue weighted by Gasteiger charge is -2.15. The fraction of sp³-hybridized carbons (Fsp3) is 0.368. The third-order valence-corrected chi connectivity index (χ3v) is 5.14. The van der Waals surface area contributed by atoms with Crippen molar-refractivity contribution >= 4 is 39.1 Å². The van der Waals surface area contributed by atoms with Gasteiger partial charge in [-0.25, -0.2) is 0 Å². The number of halogens is 3. The van der Waals surface area contributed by atoms with Crippen LogP contribution in [0, 0.1) is 0 Å². The van der Waals surface area contributed by atoms with E-state index in [9.17, 15) is 0 Å². The Kier molecular flexibility index (Phi) is 9.68. The minimum atomic E-state index is 0.144. The molecule has 0 radical (unpaired) electrons. The van der Waals surface area contributed by atoms with Crippen molar-refractivity contribution < 1.29 is 14.6 Å². The quantitative estimate of drug-likeness (QED) is 0.427. The van der Waals surface area contributed by atoms with Crippen LogP contribution in [0.4, 0.5) is 0 Å². The van der Waals surface area contributed by atoms with E-state index >= 15 is 0 Å². The molecular formula is C19H23BrCl2N2O3. The Hall–Kier alpha value is -1.02. The molecule has 0 saturated heterocycles. The van der Waals surface area contributed by atoms with Gasteiger partial charge in [0.2, 0.25) is 0 Å². The topological polar surface area (TPSA) is 62.8 Å². The van der Waals surface area contributed by atoms with E-state index < -0.39 is 0 Å². The maximum absolute atomic E-state index is 8.74. The van der Waals surface area contributed by atoms with Gasteiger partial charge in [0.25, 0.3) is 0 Å². The number of aliphatic hydroxyl groups excluding tert-OH is 1. The zero-order valence-corrected chi connectivity index (χ0v) is 18.1. The summed E-state index contributed by atoms with van der Waals surface area (Å²) in [6.45, 7) is 3.32. The van der Waals surface area contributed by atoms with E-state index in [4.69, 9.17) is 37.8 Å². The molecule has 0 aliphatic carbocycles. The summed E-state index contributed by atoms with van der Waals surface area (Å²) in [6.07, 6.45) is 0. The van der Waals surface area contributed by atoms with E-state index in [1.54, 1.807) is 19.2 Å². The summed E-state index contributed by atoms with van der Waals surface area (Å²) in [5, 5.41) is 16.4. The predicted molar refractivity (Wildman–Crippen MR) is 113 cm³/mol. The van der Waals surface area contributed by atoms with Crippen molar-refractivity contribution in [1.29, 1.82) is 0 Å². The first-order valence-electron chi connectivity index (χ1n) is 8.50. The molecule has 2 aromatic rings. The fourth-order valence-electron chi connectivity index (χ4n) is 2.38. The van der Waals surface area contributed by atoms with Gasteiger partial charge < -0.3 is 25.2 Å². The van der Waals surface area contributed by atoms with Crippen LogP contribution in [0.3, 0.4) is 0 Å². The molecule has 0 atom stereocenters. The predicted octanol–water partition coefficient (Wildman–Crippen LogP) is 4.02. The lowest BCUT2D eigenvalue weighted by molar-refractivity contribution is 0.284. The largest absolute Gasteiger partial charge is 0.493 e. The van der Waals surface area contributed by atoms with Gasteiger partial charge in [0.1, 0.15) is 6.61 Å². The van der Waals surface area contributed by atoms with Crippen molar-refractivity contribution in [2.75, 3.05) is 33.4 Å². The number of rotatable bonds is 11. The second-order valence-electron chi connectivity index (χ2n) is 5.77. The van der Waals surface area contributed by atoms with Crippen molar-refractivity contribution in [3.63, 3.8) is 0 Å². The van der Waals surface area contributed by atoms with E-state index in [-0.39, 0.29) is 6.61 Å². The monoisotopic (exact) mass is 476 g/mol. The number of ether oxygens (including phenoxy) is 2. The highest BCUT2D eigenvalue weighted by Gasteiger charge is 2.11. The minimum Gasteiger partial charge on any atom is -0.493 e. The average molecular weight is 478 g/mol. The van der Waals surface area contributed by atoms with E-state index in [0.717, 1.165) is 28.7 Å². The third-order valence-electron chi connectivity index (χ3n) is 3.81. The van der Waals surface area contributed by atoms with E-state index in [0.29, 0.717) is 41.2 Å². The molecular weight excluding hydrogens is 455 g/mol. The Morgan fingerprint density at radius 3 is 2.48 bits per heavy atom. The Balaban J connectivity index is 1.98. The number of hydrogen-bond donors (Lipinski definition) is 3. The molecule has 3 N–H and O–H groups in total. The van der Waals surface area contributed by atoms with Crippen molar-refractivity contribution in [3.8, 4) is 11.5 Å². The number of methoxy groups -OCH3 is 1. The van der Waals surface area contributed by atoms with Crippen LogP contribution in [-0.2, 0) is 13.2 Å². The van der Waals surface area contributed by atoms with Gasteiger partial charge in [-0.15, -0.1) is 0 Å². The molecule has 148 valence electrons. The number of aliphatic hydroxyl groups is 1. The second-order valence-corrected chi connectivity index (χ2v) is 7.47. The summed E-state index contributed by atoms with van der Waals surface area (Å²) in [7, 11) is 1.61. The highest BCUT2D eigenvalue weighted by atomic mass is 79.9. The SMILES string of the molecule is COc1cc(CNCCNCCO)c(Br)cc1OCc1ccc(Cl)cc1Cl. The molecule has 0 bridgehead atoms. The number of nitrogens with one attached hydrogen (secondary N) is 2. The first kappa shape index (κ1) is 22.3. The van der Waals surface area contributed by atoms with Crippen molar-refractivity contribution in [1.82, 2.24) is 10.6 Å². The molecule has 8 heteroatoms. The van der Waals surface area contributed by atoms with Crippen molar-refractivity contribution in [2.45, 2.75) is 13.2 Å². The van der Waals surface area contributed by atoms with Gasteiger partial charge in [-0.05, 0) is 29.8 Å². The van der Waals surface area contributed by atoms with Gasteiger partial charge in [-0.2, -0.15) is 0 Å². The maximum atomic E-state index is 8.74. The molecule has 5 nitrogen and oxygen atoms in total. The van der Waals surface area contributed by atoms with Crippen LogP contribution in [0.2, 0.25) is 10.0 Å². The molecule has 0 unspecified atom stereocenters. The summed E-state index contributed by atoms with van der Waals surface area (Å²) in [6, 6.07) is 9.15. The van der Waals surface area contributed by atoms with E-state index in [1.807, 2.05) is 18.2 Å². The van der Waals surface area contributed by atoms with Crippen LogP contribution in [0.1, 0.15) is 11.1 Å². The summed E-state index contributed by atoms with van der Waals surface area (Å²) < 4.78 is 12.3. The molecule has 0 saturated carbocycles. The van der Waals surface area contributed by atoms with Gasteiger partial charge in [-0.1, -0.05) is 45.2 Å². The first-order valence-corrected chi connectivity index (χ1v) is 10.1. The molecule has 0 amide bonds. The Morgan fingerprint density at radius 2 is 1.78 bits per heavy atom. The van der Waals surface area contributed by atoms with Crippen LogP contribution < -0.4 is 20.1 Å². The number of benzene rings is 2. The molecule has 0 aliphatic rings. The van der Waals surface area contributed by atoms with Crippen LogP contribution in [0.15, 0.2) is 34.8 Å². The molecule has 0 heterocycles. The third kappa shape index (κ3) is 7.14. The Bertz CT molecular complexity index is 747.